The predicted octanol–water partition coefficient (Wildman–Crippen LogP) is 4.07. The van der Waals surface area contributed by atoms with Gasteiger partial charge in [-0.2, -0.15) is 11.8 Å². The van der Waals surface area contributed by atoms with Crippen LogP contribution in [-0.4, -0.2) is 18.2 Å². The third-order valence-corrected chi connectivity index (χ3v) is 4.27. The van der Waals surface area contributed by atoms with Crippen molar-refractivity contribution >= 4 is 29.3 Å². The van der Waals surface area contributed by atoms with E-state index in [1.54, 1.807) is 23.9 Å². The van der Waals surface area contributed by atoms with Crippen LogP contribution in [0, 0.1) is 5.82 Å². The maximum absolute atomic E-state index is 12.8. The van der Waals surface area contributed by atoms with E-state index < -0.39 is 0 Å². The van der Waals surface area contributed by atoms with Crippen molar-refractivity contribution in [3.8, 4) is 0 Å². The second-order valence-corrected chi connectivity index (χ2v) is 6.38. The molecule has 2 nitrogen and oxygen atoms in total. The van der Waals surface area contributed by atoms with Gasteiger partial charge in [-0.1, -0.05) is 35.9 Å². The molecule has 0 unspecified atom stereocenters. The SMILES string of the molecule is O=C(Cc1ccc(F)cc1)NCCSCc1cccc(Cl)c1. The summed E-state index contributed by atoms with van der Waals surface area (Å²) in [6.45, 7) is 0.616. The van der Waals surface area contributed by atoms with Gasteiger partial charge in [0.1, 0.15) is 5.82 Å². The van der Waals surface area contributed by atoms with Crippen LogP contribution in [0.2, 0.25) is 5.02 Å². The highest BCUT2D eigenvalue weighted by molar-refractivity contribution is 7.98. The number of amides is 1. The first kappa shape index (κ1) is 16.8. The molecule has 0 aliphatic carbocycles. The van der Waals surface area contributed by atoms with E-state index in [1.807, 2.05) is 24.3 Å². The molecule has 2 aromatic carbocycles. The highest BCUT2D eigenvalue weighted by Crippen LogP contribution is 2.16. The Kier molecular flexibility index (Phi) is 6.74. The molecule has 0 aromatic heterocycles. The minimum Gasteiger partial charge on any atom is -0.355 e. The molecule has 0 aliphatic heterocycles. The number of hydrogen-bond donors (Lipinski definition) is 1. The quantitative estimate of drug-likeness (QED) is 0.772. The summed E-state index contributed by atoms with van der Waals surface area (Å²) in [4.78, 5) is 11.7. The zero-order chi connectivity index (χ0) is 15.8. The highest BCUT2D eigenvalue weighted by atomic mass is 35.5. The summed E-state index contributed by atoms with van der Waals surface area (Å²) in [6.07, 6.45) is 0.277. The first-order valence-electron chi connectivity index (χ1n) is 6.97. The van der Waals surface area contributed by atoms with E-state index in [2.05, 4.69) is 5.32 Å². The summed E-state index contributed by atoms with van der Waals surface area (Å²) in [5.74, 6) is 1.37. The van der Waals surface area contributed by atoms with Crippen LogP contribution in [0.1, 0.15) is 11.1 Å². The van der Waals surface area contributed by atoms with E-state index in [-0.39, 0.29) is 18.1 Å². The molecule has 22 heavy (non-hydrogen) atoms. The molecular formula is C17H17ClFNOS. The molecule has 2 rings (SSSR count). The molecule has 0 atom stereocenters. The smallest absolute Gasteiger partial charge is 0.224 e. The average molecular weight is 338 g/mol. The minimum atomic E-state index is -0.290. The van der Waals surface area contributed by atoms with Crippen molar-refractivity contribution in [2.45, 2.75) is 12.2 Å². The normalized spacial score (nSPS) is 10.5. The lowest BCUT2D eigenvalue weighted by atomic mass is 10.1. The lowest BCUT2D eigenvalue weighted by molar-refractivity contribution is -0.120. The molecule has 0 fully saturated rings. The van der Waals surface area contributed by atoms with Crippen LogP contribution >= 0.6 is 23.4 Å². The van der Waals surface area contributed by atoms with Gasteiger partial charge in [0.05, 0.1) is 6.42 Å². The molecule has 1 amide bonds. The van der Waals surface area contributed by atoms with Crippen LogP contribution in [0.5, 0.6) is 0 Å². The monoisotopic (exact) mass is 337 g/mol. The van der Waals surface area contributed by atoms with Gasteiger partial charge in [-0.25, -0.2) is 4.39 Å². The third-order valence-electron chi connectivity index (χ3n) is 3.00. The van der Waals surface area contributed by atoms with E-state index >= 15 is 0 Å². The Hall–Kier alpha value is -1.52. The van der Waals surface area contributed by atoms with Gasteiger partial charge >= 0.3 is 0 Å². The molecule has 2 aromatic rings. The lowest BCUT2D eigenvalue weighted by Crippen LogP contribution is -2.27. The van der Waals surface area contributed by atoms with Crippen LogP contribution in [0.3, 0.4) is 0 Å². The van der Waals surface area contributed by atoms with Crippen molar-refractivity contribution in [2.24, 2.45) is 0 Å². The van der Waals surface area contributed by atoms with Crippen LogP contribution in [0.15, 0.2) is 48.5 Å². The molecule has 0 saturated carbocycles. The Morgan fingerprint density at radius 2 is 1.91 bits per heavy atom. The Labute approximate surface area is 139 Å². The van der Waals surface area contributed by atoms with Crippen LogP contribution in [0.25, 0.3) is 0 Å². The molecule has 0 saturated heterocycles. The summed E-state index contributed by atoms with van der Waals surface area (Å²) in [6, 6.07) is 13.8. The average Bonchev–Trinajstić information content (AvgIpc) is 2.49. The maximum Gasteiger partial charge on any atom is 0.224 e. The van der Waals surface area contributed by atoms with Gasteiger partial charge in [0.2, 0.25) is 5.91 Å². The van der Waals surface area contributed by atoms with Crippen LogP contribution in [-0.2, 0) is 17.0 Å². The Morgan fingerprint density at radius 3 is 2.64 bits per heavy atom. The largest absolute Gasteiger partial charge is 0.355 e. The third kappa shape index (κ3) is 6.08. The Morgan fingerprint density at radius 1 is 1.14 bits per heavy atom. The van der Waals surface area contributed by atoms with Crippen molar-refractivity contribution in [3.63, 3.8) is 0 Å². The van der Waals surface area contributed by atoms with Crippen molar-refractivity contribution in [2.75, 3.05) is 12.3 Å². The van der Waals surface area contributed by atoms with E-state index in [1.165, 1.54) is 17.7 Å². The zero-order valence-electron chi connectivity index (χ0n) is 12.0. The standard InChI is InChI=1S/C17H17ClFNOS/c18-15-3-1-2-14(10-15)12-22-9-8-20-17(21)11-13-4-6-16(19)7-5-13/h1-7,10H,8-9,11-12H2,(H,20,21). The summed E-state index contributed by atoms with van der Waals surface area (Å²) >= 11 is 7.67. The van der Waals surface area contributed by atoms with E-state index in [9.17, 15) is 9.18 Å². The minimum absolute atomic E-state index is 0.0463. The first-order chi connectivity index (χ1) is 10.6. The van der Waals surface area contributed by atoms with Crippen LogP contribution < -0.4 is 5.32 Å². The van der Waals surface area contributed by atoms with Crippen molar-refractivity contribution < 1.29 is 9.18 Å². The fraction of sp³-hybridized carbons (Fsp3) is 0.235. The molecule has 0 radical (unpaired) electrons. The number of hydrogen-bond acceptors (Lipinski definition) is 2. The van der Waals surface area contributed by atoms with Gasteiger partial charge in [-0.3, -0.25) is 4.79 Å². The number of nitrogens with one attached hydrogen (secondary N) is 1. The number of halogens is 2. The predicted molar refractivity (Wildman–Crippen MR) is 90.7 cm³/mol. The van der Waals surface area contributed by atoms with Gasteiger partial charge in [0.25, 0.3) is 0 Å². The number of carbonyl (C=O) groups is 1. The van der Waals surface area contributed by atoms with Crippen molar-refractivity contribution in [1.29, 1.82) is 0 Å². The number of rotatable bonds is 7. The maximum atomic E-state index is 12.8. The van der Waals surface area contributed by atoms with Crippen molar-refractivity contribution in [1.82, 2.24) is 5.32 Å². The van der Waals surface area contributed by atoms with Crippen LogP contribution in [0.4, 0.5) is 4.39 Å². The van der Waals surface area contributed by atoms with Gasteiger partial charge in [-0.15, -0.1) is 0 Å². The number of benzene rings is 2. The topological polar surface area (TPSA) is 29.1 Å². The zero-order valence-corrected chi connectivity index (χ0v) is 13.6. The molecule has 0 aliphatic rings. The fourth-order valence-electron chi connectivity index (χ4n) is 1.93. The molecule has 1 N–H and O–H groups in total. The first-order valence-corrected chi connectivity index (χ1v) is 8.50. The van der Waals surface area contributed by atoms with E-state index in [4.69, 9.17) is 11.6 Å². The highest BCUT2D eigenvalue weighted by Gasteiger charge is 2.03. The van der Waals surface area contributed by atoms with Gasteiger partial charge in [0, 0.05) is 23.1 Å². The summed E-state index contributed by atoms with van der Waals surface area (Å²) in [5.41, 5.74) is 1.99. The molecule has 0 bridgehead atoms. The molecular weight excluding hydrogens is 321 g/mol. The Balaban J connectivity index is 1.62. The van der Waals surface area contributed by atoms with Gasteiger partial charge in [-0.05, 0) is 35.4 Å². The molecule has 5 heteroatoms. The lowest BCUT2D eigenvalue weighted by Gasteiger charge is -2.06. The van der Waals surface area contributed by atoms with Crippen molar-refractivity contribution in [3.05, 3.63) is 70.5 Å². The molecule has 116 valence electrons. The van der Waals surface area contributed by atoms with E-state index in [0.717, 1.165) is 22.1 Å². The van der Waals surface area contributed by atoms with Gasteiger partial charge in [0.15, 0.2) is 0 Å². The van der Waals surface area contributed by atoms with Gasteiger partial charge < -0.3 is 5.32 Å². The summed E-state index contributed by atoms with van der Waals surface area (Å²) < 4.78 is 12.8. The second kappa shape index (κ2) is 8.81. The molecule has 0 spiro atoms. The summed E-state index contributed by atoms with van der Waals surface area (Å²) in [5, 5.41) is 3.61. The van der Waals surface area contributed by atoms with E-state index in [0.29, 0.717) is 6.54 Å². The number of thioether (sulfide) groups is 1. The fourth-order valence-corrected chi connectivity index (χ4v) is 2.95. The number of carbonyl (C=O) groups excluding carboxylic acids is 1. The molecule has 0 heterocycles. The second-order valence-electron chi connectivity index (χ2n) is 4.84. The summed E-state index contributed by atoms with van der Waals surface area (Å²) in [7, 11) is 0. The Bertz CT molecular complexity index is 618.